The van der Waals surface area contributed by atoms with Gasteiger partial charge in [-0.25, -0.2) is 4.39 Å². The second-order valence-corrected chi connectivity index (χ2v) is 6.96. The molecule has 1 saturated heterocycles. The van der Waals surface area contributed by atoms with Gasteiger partial charge in [0.05, 0.1) is 6.04 Å². The topological polar surface area (TPSA) is 66.3 Å². The molecule has 1 aromatic carbocycles. The van der Waals surface area contributed by atoms with E-state index in [-0.39, 0.29) is 17.8 Å². The summed E-state index contributed by atoms with van der Waals surface area (Å²) in [6, 6.07) is 6.74. The van der Waals surface area contributed by atoms with Gasteiger partial charge in [0.2, 0.25) is 11.9 Å². The number of piperazine rings is 1. The number of nitrogens with zero attached hydrogens (tertiary/aromatic N) is 5. The lowest BCUT2D eigenvalue weighted by Crippen LogP contribution is -2.53. The molecule has 1 saturated carbocycles. The highest BCUT2D eigenvalue weighted by molar-refractivity contribution is 5.93. The highest BCUT2D eigenvalue weighted by Crippen LogP contribution is 2.36. The number of hydrogen-bond donors (Lipinski definition) is 1. The Balaban J connectivity index is 1.32. The highest BCUT2D eigenvalue weighted by atomic mass is 19.1. The molecule has 0 bridgehead atoms. The van der Waals surface area contributed by atoms with Gasteiger partial charge in [-0.3, -0.25) is 19.6 Å². The molecule has 2 aromatic rings. The van der Waals surface area contributed by atoms with E-state index < -0.39 is 0 Å². The van der Waals surface area contributed by atoms with Gasteiger partial charge in [-0.05, 0) is 44.0 Å². The fourth-order valence-corrected chi connectivity index (χ4v) is 3.35. The molecule has 1 N–H and O–H groups in total. The van der Waals surface area contributed by atoms with Gasteiger partial charge in [-0.15, -0.1) is 10.2 Å². The van der Waals surface area contributed by atoms with Crippen molar-refractivity contribution >= 4 is 17.5 Å². The van der Waals surface area contributed by atoms with Crippen molar-refractivity contribution in [3.8, 4) is 0 Å². The van der Waals surface area contributed by atoms with Crippen LogP contribution in [0.25, 0.3) is 0 Å². The zero-order valence-corrected chi connectivity index (χ0v) is 14.8. The quantitative estimate of drug-likeness (QED) is 0.884. The van der Waals surface area contributed by atoms with Crippen LogP contribution in [0.2, 0.25) is 0 Å². The van der Waals surface area contributed by atoms with E-state index >= 15 is 0 Å². The maximum atomic E-state index is 13.1. The van der Waals surface area contributed by atoms with Crippen LogP contribution in [0.15, 0.2) is 30.6 Å². The Hall–Kier alpha value is -2.48. The minimum Gasteiger partial charge on any atom is -0.369 e. The fourth-order valence-electron chi connectivity index (χ4n) is 3.35. The first-order valence-electron chi connectivity index (χ1n) is 9.07. The standard InChI is InChI=1S/C18H23FN6O/c1-13(17(26)21-18-22-20-12-25(18)16-6-7-16)23-8-10-24(11-9-23)15-4-2-14(19)3-5-15/h2-5,12-13,16H,6-11H2,1H3,(H,21,22,26). The van der Waals surface area contributed by atoms with Crippen LogP contribution in [0.1, 0.15) is 25.8 Å². The number of aromatic nitrogens is 3. The third-order valence-electron chi connectivity index (χ3n) is 5.18. The molecule has 2 aliphatic rings. The van der Waals surface area contributed by atoms with Crippen molar-refractivity contribution in [3.05, 3.63) is 36.4 Å². The predicted molar refractivity (Wildman–Crippen MR) is 96.6 cm³/mol. The van der Waals surface area contributed by atoms with Gasteiger partial charge in [0, 0.05) is 37.9 Å². The van der Waals surface area contributed by atoms with E-state index in [0.717, 1.165) is 44.7 Å². The summed E-state index contributed by atoms with van der Waals surface area (Å²) in [5.74, 6) is 0.251. The summed E-state index contributed by atoms with van der Waals surface area (Å²) in [6.45, 7) is 5.09. The van der Waals surface area contributed by atoms with E-state index in [1.165, 1.54) is 12.1 Å². The largest absolute Gasteiger partial charge is 0.369 e. The van der Waals surface area contributed by atoms with Crippen LogP contribution in [0.4, 0.5) is 16.0 Å². The second kappa shape index (κ2) is 7.03. The first kappa shape index (κ1) is 17.0. The molecule has 1 atom stereocenters. The van der Waals surface area contributed by atoms with Crippen molar-refractivity contribution < 1.29 is 9.18 Å². The van der Waals surface area contributed by atoms with Crippen molar-refractivity contribution in [2.45, 2.75) is 31.8 Å². The first-order chi connectivity index (χ1) is 12.6. The SMILES string of the molecule is CC(C(=O)Nc1nncn1C1CC1)N1CCN(c2ccc(F)cc2)CC1. The monoisotopic (exact) mass is 358 g/mol. The number of halogens is 1. The van der Waals surface area contributed by atoms with Crippen molar-refractivity contribution in [2.24, 2.45) is 0 Å². The zero-order valence-electron chi connectivity index (χ0n) is 14.8. The normalized spacial score (nSPS) is 19.4. The number of rotatable bonds is 5. The summed E-state index contributed by atoms with van der Waals surface area (Å²) in [6.07, 6.45) is 3.91. The van der Waals surface area contributed by atoms with Crippen LogP contribution in [0.3, 0.4) is 0 Å². The summed E-state index contributed by atoms with van der Waals surface area (Å²) in [5.41, 5.74) is 1.01. The molecular formula is C18H23FN6O. The van der Waals surface area contributed by atoms with Gasteiger partial charge in [-0.1, -0.05) is 0 Å². The molecule has 1 aliphatic heterocycles. The van der Waals surface area contributed by atoms with E-state index in [1.807, 2.05) is 11.5 Å². The molecule has 138 valence electrons. The summed E-state index contributed by atoms with van der Waals surface area (Å²) in [4.78, 5) is 17.0. The molecule has 1 aliphatic carbocycles. The number of amides is 1. The Morgan fingerprint density at radius 3 is 2.54 bits per heavy atom. The number of benzene rings is 1. The lowest BCUT2D eigenvalue weighted by molar-refractivity contribution is -0.120. The summed E-state index contributed by atoms with van der Waals surface area (Å²) < 4.78 is 15.0. The average Bonchev–Trinajstić information content (AvgIpc) is 3.41. The summed E-state index contributed by atoms with van der Waals surface area (Å²) in [7, 11) is 0. The molecule has 7 nitrogen and oxygen atoms in total. The molecule has 4 rings (SSSR count). The van der Waals surface area contributed by atoms with E-state index in [4.69, 9.17) is 0 Å². The van der Waals surface area contributed by atoms with E-state index in [2.05, 4.69) is 25.3 Å². The van der Waals surface area contributed by atoms with Crippen LogP contribution in [0.5, 0.6) is 0 Å². The molecule has 0 radical (unpaired) electrons. The zero-order chi connectivity index (χ0) is 18.1. The van der Waals surface area contributed by atoms with Crippen molar-refractivity contribution in [1.82, 2.24) is 19.7 Å². The van der Waals surface area contributed by atoms with E-state index in [1.54, 1.807) is 18.5 Å². The lowest BCUT2D eigenvalue weighted by atomic mass is 10.2. The molecule has 1 unspecified atom stereocenters. The maximum absolute atomic E-state index is 13.1. The lowest BCUT2D eigenvalue weighted by Gasteiger charge is -2.38. The van der Waals surface area contributed by atoms with Crippen LogP contribution >= 0.6 is 0 Å². The second-order valence-electron chi connectivity index (χ2n) is 6.96. The van der Waals surface area contributed by atoms with Gasteiger partial charge in [0.15, 0.2) is 0 Å². The van der Waals surface area contributed by atoms with Crippen LogP contribution in [-0.4, -0.2) is 57.8 Å². The molecule has 1 aromatic heterocycles. The number of carbonyl (C=O) groups excluding carboxylic acids is 1. The Labute approximate surface area is 151 Å². The Kier molecular flexibility index (Phi) is 4.58. The maximum Gasteiger partial charge on any atom is 0.243 e. The Bertz CT molecular complexity index is 764. The first-order valence-corrected chi connectivity index (χ1v) is 9.07. The molecule has 8 heteroatoms. The predicted octanol–water partition coefficient (Wildman–Crippen LogP) is 1.90. The molecule has 2 heterocycles. The molecule has 2 fully saturated rings. The number of nitrogens with one attached hydrogen (secondary N) is 1. The fraction of sp³-hybridized carbons (Fsp3) is 0.500. The number of hydrogen-bond acceptors (Lipinski definition) is 5. The number of anilines is 2. The molecule has 26 heavy (non-hydrogen) atoms. The number of carbonyl (C=O) groups is 1. The smallest absolute Gasteiger partial charge is 0.243 e. The summed E-state index contributed by atoms with van der Waals surface area (Å²) in [5, 5.41) is 10.8. The average molecular weight is 358 g/mol. The summed E-state index contributed by atoms with van der Waals surface area (Å²) >= 11 is 0. The minimum atomic E-state index is -0.241. The van der Waals surface area contributed by atoms with Crippen LogP contribution in [-0.2, 0) is 4.79 Å². The van der Waals surface area contributed by atoms with E-state index in [0.29, 0.717) is 12.0 Å². The van der Waals surface area contributed by atoms with E-state index in [9.17, 15) is 9.18 Å². The third-order valence-corrected chi connectivity index (χ3v) is 5.18. The third kappa shape index (κ3) is 3.55. The van der Waals surface area contributed by atoms with Gasteiger partial charge >= 0.3 is 0 Å². The van der Waals surface area contributed by atoms with Crippen molar-refractivity contribution in [3.63, 3.8) is 0 Å². The van der Waals surface area contributed by atoms with Gasteiger partial charge < -0.3 is 4.90 Å². The highest BCUT2D eigenvalue weighted by Gasteiger charge is 2.29. The van der Waals surface area contributed by atoms with Crippen LogP contribution < -0.4 is 10.2 Å². The van der Waals surface area contributed by atoms with Gasteiger partial charge in [-0.2, -0.15) is 0 Å². The van der Waals surface area contributed by atoms with Gasteiger partial charge in [0.25, 0.3) is 0 Å². The molecule has 1 amide bonds. The van der Waals surface area contributed by atoms with Gasteiger partial charge in [0.1, 0.15) is 12.1 Å². The van der Waals surface area contributed by atoms with Crippen molar-refractivity contribution in [1.29, 1.82) is 0 Å². The molecule has 0 spiro atoms. The minimum absolute atomic E-state index is 0.0601. The molecular weight excluding hydrogens is 335 g/mol. The van der Waals surface area contributed by atoms with Crippen LogP contribution in [0, 0.1) is 5.82 Å². The Morgan fingerprint density at radius 2 is 1.88 bits per heavy atom. The Morgan fingerprint density at radius 1 is 1.19 bits per heavy atom. The van der Waals surface area contributed by atoms with Crippen molar-refractivity contribution in [2.75, 3.05) is 36.4 Å².